The number of carbonyl (C=O) groups is 2. The Morgan fingerprint density at radius 1 is 1.09 bits per heavy atom. The standard InChI is InChI=1S/C16H16INO4/c1-10(17)15(19)21-8-9-22-16(20)13-6-7-14(18)12-5-3-2-4-11(12)13/h2-7,10H,8-9,18H2,1H3/p+1. The van der Waals surface area contributed by atoms with Crippen LogP contribution in [0.3, 0.4) is 0 Å². The monoisotopic (exact) mass is 414 g/mol. The van der Waals surface area contributed by atoms with E-state index in [0.29, 0.717) is 5.56 Å². The smallest absolute Gasteiger partial charge is 0.338 e. The topological polar surface area (TPSA) is 80.2 Å². The van der Waals surface area contributed by atoms with E-state index in [-0.39, 0.29) is 23.1 Å². The van der Waals surface area contributed by atoms with Gasteiger partial charge in [0, 0.05) is 16.8 Å². The van der Waals surface area contributed by atoms with Crippen LogP contribution in [0, 0.1) is 0 Å². The maximum absolute atomic E-state index is 12.2. The van der Waals surface area contributed by atoms with Gasteiger partial charge in [0.1, 0.15) is 22.8 Å². The van der Waals surface area contributed by atoms with E-state index in [4.69, 9.17) is 9.47 Å². The summed E-state index contributed by atoms with van der Waals surface area (Å²) in [5.41, 5.74) is 5.29. The van der Waals surface area contributed by atoms with Gasteiger partial charge < -0.3 is 15.2 Å². The minimum Gasteiger partial charge on any atom is -0.461 e. The maximum atomic E-state index is 12.2. The van der Waals surface area contributed by atoms with Crippen molar-refractivity contribution >= 4 is 51.0 Å². The molecule has 0 bridgehead atoms. The van der Waals surface area contributed by atoms with Crippen molar-refractivity contribution in [3.63, 3.8) is 0 Å². The fourth-order valence-electron chi connectivity index (χ4n) is 2.01. The van der Waals surface area contributed by atoms with E-state index >= 15 is 0 Å². The summed E-state index contributed by atoms with van der Waals surface area (Å²) in [6.07, 6.45) is 0. The average Bonchev–Trinajstić information content (AvgIpc) is 2.51. The zero-order valence-corrected chi connectivity index (χ0v) is 14.3. The van der Waals surface area contributed by atoms with Crippen molar-refractivity contribution in [1.29, 1.82) is 0 Å². The van der Waals surface area contributed by atoms with Gasteiger partial charge in [0.15, 0.2) is 0 Å². The first-order chi connectivity index (χ1) is 10.5. The van der Waals surface area contributed by atoms with Gasteiger partial charge in [0.25, 0.3) is 0 Å². The van der Waals surface area contributed by atoms with E-state index in [1.54, 1.807) is 19.1 Å². The highest BCUT2D eigenvalue weighted by molar-refractivity contribution is 14.1. The van der Waals surface area contributed by atoms with Crippen LogP contribution in [0.15, 0.2) is 36.4 Å². The SMILES string of the molecule is CC(I)C(=O)OCCOC(=O)c1ccc([NH3+])c2ccccc12. The zero-order valence-electron chi connectivity index (χ0n) is 12.2. The molecule has 0 aliphatic heterocycles. The molecule has 2 aromatic rings. The first kappa shape index (κ1) is 16.7. The third-order valence-electron chi connectivity index (χ3n) is 3.12. The number of rotatable bonds is 5. The summed E-state index contributed by atoms with van der Waals surface area (Å²) < 4.78 is 9.91. The highest BCUT2D eigenvalue weighted by atomic mass is 127. The van der Waals surface area contributed by atoms with E-state index in [1.807, 2.05) is 46.9 Å². The molecule has 0 aromatic heterocycles. The van der Waals surface area contributed by atoms with E-state index in [0.717, 1.165) is 16.5 Å². The Kier molecular flexibility index (Phi) is 5.73. The molecule has 1 unspecified atom stereocenters. The van der Waals surface area contributed by atoms with Crippen LogP contribution in [0.4, 0.5) is 5.69 Å². The molecule has 0 fully saturated rings. The number of ether oxygens (including phenoxy) is 2. The number of hydrogen-bond acceptors (Lipinski definition) is 4. The van der Waals surface area contributed by atoms with Gasteiger partial charge in [-0.15, -0.1) is 0 Å². The number of alkyl halides is 1. The highest BCUT2D eigenvalue weighted by Crippen LogP contribution is 2.24. The fourth-order valence-corrected chi connectivity index (χ4v) is 2.19. The second-order valence-electron chi connectivity index (χ2n) is 4.74. The Morgan fingerprint density at radius 2 is 1.73 bits per heavy atom. The molecule has 3 N–H and O–H groups in total. The van der Waals surface area contributed by atoms with Crippen LogP contribution in [-0.4, -0.2) is 29.1 Å². The molecule has 0 radical (unpaired) electrons. The second-order valence-corrected chi connectivity index (χ2v) is 6.61. The van der Waals surface area contributed by atoms with Crippen LogP contribution in [0.5, 0.6) is 0 Å². The van der Waals surface area contributed by atoms with Crippen molar-refractivity contribution in [1.82, 2.24) is 0 Å². The number of esters is 2. The fraction of sp³-hybridized carbons (Fsp3) is 0.250. The predicted octanol–water partition coefficient (Wildman–Crippen LogP) is 2.24. The Morgan fingerprint density at radius 3 is 2.41 bits per heavy atom. The minimum absolute atomic E-state index is 0.0361. The second kappa shape index (κ2) is 7.55. The molecule has 2 rings (SSSR count). The number of halogens is 1. The number of benzene rings is 2. The first-order valence-corrected chi connectivity index (χ1v) is 8.07. The molecule has 5 nitrogen and oxygen atoms in total. The van der Waals surface area contributed by atoms with Crippen LogP contribution in [-0.2, 0) is 14.3 Å². The van der Waals surface area contributed by atoms with Crippen LogP contribution in [0.2, 0.25) is 0 Å². The average molecular weight is 414 g/mol. The van der Waals surface area contributed by atoms with E-state index in [9.17, 15) is 9.59 Å². The van der Waals surface area contributed by atoms with Crippen molar-refractivity contribution in [2.24, 2.45) is 0 Å². The molecule has 2 aromatic carbocycles. The first-order valence-electron chi connectivity index (χ1n) is 6.82. The van der Waals surface area contributed by atoms with E-state index in [2.05, 4.69) is 5.73 Å². The Hall–Kier alpha value is -1.67. The molecule has 0 aliphatic rings. The molecular formula is C16H17INO4+. The van der Waals surface area contributed by atoms with Crippen LogP contribution in [0.25, 0.3) is 10.8 Å². The predicted molar refractivity (Wildman–Crippen MR) is 91.2 cm³/mol. The molecule has 0 saturated carbocycles. The molecule has 0 saturated heterocycles. The molecule has 0 amide bonds. The van der Waals surface area contributed by atoms with Gasteiger partial charge >= 0.3 is 11.9 Å². The lowest BCUT2D eigenvalue weighted by atomic mass is 10.0. The molecule has 0 spiro atoms. The number of hydrogen-bond donors (Lipinski definition) is 1. The van der Waals surface area contributed by atoms with Crippen molar-refractivity contribution in [3.05, 3.63) is 42.0 Å². The largest absolute Gasteiger partial charge is 0.461 e. The maximum Gasteiger partial charge on any atom is 0.338 e. The Bertz CT molecular complexity index is 700. The van der Waals surface area contributed by atoms with Crippen molar-refractivity contribution in [3.8, 4) is 0 Å². The molecular weight excluding hydrogens is 397 g/mol. The lowest BCUT2D eigenvalue weighted by molar-refractivity contribution is -0.252. The van der Waals surface area contributed by atoms with Gasteiger partial charge in [-0.25, -0.2) is 4.79 Å². The lowest BCUT2D eigenvalue weighted by Crippen LogP contribution is -2.40. The van der Waals surface area contributed by atoms with Crippen LogP contribution >= 0.6 is 22.6 Å². The van der Waals surface area contributed by atoms with Gasteiger partial charge in [-0.1, -0.05) is 40.8 Å². The van der Waals surface area contributed by atoms with E-state index in [1.165, 1.54) is 0 Å². The molecule has 6 heteroatoms. The molecule has 116 valence electrons. The van der Waals surface area contributed by atoms with Crippen molar-refractivity contribution in [2.75, 3.05) is 13.2 Å². The molecule has 0 aliphatic carbocycles. The molecule has 0 heterocycles. The summed E-state index contributed by atoms with van der Waals surface area (Å²) in [4.78, 5) is 23.5. The highest BCUT2D eigenvalue weighted by Gasteiger charge is 2.14. The number of carbonyl (C=O) groups excluding carboxylic acids is 2. The summed E-state index contributed by atoms with van der Waals surface area (Å²) >= 11 is 1.97. The Balaban J connectivity index is 2.02. The zero-order chi connectivity index (χ0) is 16.1. The summed E-state index contributed by atoms with van der Waals surface area (Å²) in [5.74, 6) is -0.752. The minimum atomic E-state index is -0.435. The van der Waals surface area contributed by atoms with Gasteiger partial charge in [-0.2, -0.15) is 0 Å². The molecule has 22 heavy (non-hydrogen) atoms. The van der Waals surface area contributed by atoms with Crippen LogP contribution in [0.1, 0.15) is 17.3 Å². The summed E-state index contributed by atoms with van der Waals surface area (Å²) in [6, 6.07) is 11.0. The van der Waals surface area contributed by atoms with Gasteiger partial charge in [-0.05, 0) is 19.1 Å². The summed E-state index contributed by atoms with van der Waals surface area (Å²) in [5, 5.41) is 1.72. The third kappa shape index (κ3) is 3.95. The Labute approximate surface area is 141 Å². The van der Waals surface area contributed by atoms with E-state index < -0.39 is 5.97 Å². The number of quaternary nitrogens is 1. The quantitative estimate of drug-likeness (QED) is 0.352. The lowest BCUT2D eigenvalue weighted by Gasteiger charge is -2.09. The van der Waals surface area contributed by atoms with Gasteiger partial charge in [-0.3, -0.25) is 4.79 Å². The third-order valence-corrected chi connectivity index (χ3v) is 3.63. The van der Waals surface area contributed by atoms with Gasteiger partial charge in [0.2, 0.25) is 0 Å². The van der Waals surface area contributed by atoms with Gasteiger partial charge in [0.05, 0.1) is 5.56 Å². The molecule has 1 atom stereocenters. The summed E-state index contributed by atoms with van der Waals surface area (Å²) in [7, 11) is 0. The van der Waals surface area contributed by atoms with Crippen molar-refractivity contribution in [2.45, 2.75) is 10.8 Å². The summed E-state index contributed by atoms with van der Waals surface area (Å²) in [6.45, 7) is 1.83. The normalized spacial score (nSPS) is 12.0. The van der Waals surface area contributed by atoms with Crippen molar-refractivity contribution < 1.29 is 24.8 Å². The van der Waals surface area contributed by atoms with Crippen LogP contribution < -0.4 is 5.73 Å². The number of fused-ring (bicyclic) bond motifs is 1.